The topological polar surface area (TPSA) is 3.24 Å². The first kappa shape index (κ1) is 37.2. The lowest BCUT2D eigenvalue weighted by molar-refractivity contribution is 1.32. The van der Waals surface area contributed by atoms with Crippen LogP contribution >= 0.6 is 34.0 Å². The van der Waals surface area contributed by atoms with Gasteiger partial charge in [0, 0.05) is 71.9 Å². The second-order valence-corrected chi connectivity index (χ2v) is 19.6. The van der Waals surface area contributed by atoms with Crippen molar-refractivity contribution in [3.63, 3.8) is 0 Å². The molecule has 3 aromatic heterocycles. The van der Waals surface area contributed by atoms with Gasteiger partial charge in [-0.2, -0.15) is 0 Å². The molecule has 64 heavy (non-hydrogen) atoms. The summed E-state index contributed by atoms with van der Waals surface area (Å²) in [5, 5.41) is 7.70. The Labute approximate surface area is 383 Å². The minimum Gasteiger partial charge on any atom is -0.310 e. The monoisotopic (exact) mass is 867 g/mol. The number of hydrogen-bond acceptors (Lipinski definition) is 4. The molecular formula is C60H37NS3. The zero-order chi connectivity index (χ0) is 42.1. The molecule has 3 heterocycles. The van der Waals surface area contributed by atoms with Gasteiger partial charge in [-0.25, -0.2) is 0 Å². The Morgan fingerprint density at radius 2 is 0.766 bits per heavy atom. The molecule has 0 aliphatic heterocycles. The number of fused-ring (bicyclic) bond motifs is 9. The highest BCUT2D eigenvalue weighted by atomic mass is 32.1. The van der Waals surface area contributed by atoms with Crippen LogP contribution in [0.25, 0.3) is 105 Å². The van der Waals surface area contributed by atoms with E-state index in [4.69, 9.17) is 0 Å². The summed E-state index contributed by atoms with van der Waals surface area (Å²) in [7, 11) is 0. The molecular weight excluding hydrogens is 831 g/mol. The zero-order valence-corrected chi connectivity index (χ0v) is 37.0. The average molecular weight is 868 g/mol. The van der Waals surface area contributed by atoms with Crippen LogP contribution in [-0.2, 0) is 0 Å². The van der Waals surface area contributed by atoms with Gasteiger partial charge >= 0.3 is 0 Å². The summed E-state index contributed by atoms with van der Waals surface area (Å²) >= 11 is 5.67. The molecule has 0 fully saturated rings. The molecule has 0 bridgehead atoms. The summed E-state index contributed by atoms with van der Waals surface area (Å²) in [6.45, 7) is 0. The lowest BCUT2D eigenvalue weighted by Crippen LogP contribution is -2.10. The van der Waals surface area contributed by atoms with Crippen LogP contribution in [0.1, 0.15) is 0 Å². The highest BCUT2D eigenvalue weighted by Gasteiger charge is 2.24. The quantitative estimate of drug-likeness (QED) is 0.154. The standard InChI is InChI=1S/C60H37NS3/c1-5-15-38(16-6-1)42-25-28-50-55(35-42)64-60-47(41-21-11-4-12-22-41)32-33-52(58(50)60)61(44-26-29-49-48-23-13-14-24-53(48)62-56(49)37-44)43-27-34-54-51(36-43)57-45(39-17-7-2-8-18-39)30-31-46(59(57)63-54)40-19-9-3-10-20-40/h1-37H. The molecule has 0 aliphatic carbocycles. The Morgan fingerprint density at radius 1 is 0.266 bits per heavy atom. The van der Waals surface area contributed by atoms with Crippen molar-refractivity contribution in [2.45, 2.75) is 0 Å². The largest absolute Gasteiger partial charge is 0.310 e. The van der Waals surface area contributed by atoms with Gasteiger partial charge in [-0.05, 0) is 93.0 Å². The van der Waals surface area contributed by atoms with Crippen LogP contribution in [-0.4, -0.2) is 0 Å². The molecule has 1 nitrogen and oxygen atoms in total. The van der Waals surface area contributed by atoms with Crippen LogP contribution in [0, 0.1) is 0 Å². The van der Waals surface area contributed by atoms with Crippen molar-refractivity contribution in [3.05, 3.63) is 224 Å². The van der Waals surface area contributed by atoms with Crippen LogP contribution in [0.15, 0.2) is 224 Å². The summed E-state index contributed by atoms with van der Waals surface area (Å²) in [5.74, 6) is 0. The van der Waals surface area contributed by atoms with Gasteiger partial charge in [0.15, 0.2) is 0 Å². The maximum atomic E-state index is 2.53. The Morgan fingerprint density at radius 3 is 1.48 bits per heavy atom. The van der Waals surface area contributed by atoms with Gasteiger partial charge in [-0.15, -0.1) is 34.0 Å². The molecule has 0 atom stereocenters. The Bertz CT molecular complexity index is 3880. The van der Waals surface area contributed by atoms with E-state index in [0.717, 1.165) is 11.4 Å². The lowest BCUT2D eigenvalue weighted by atomic mass is 9.94. The summed E-state index contributed by atoms with van der Waals surface area (Å²) < 4.78 is 7.75. The van der Waals surface area contributed by atoms with Crippen LogP contribution < -0.4 is 4.90 Å². The number of nitrogens with zero attached hydrogens (tertiary/aromatic N) is 1. The van der Waals surface area contributed by atoms with Gasteiger partial charge in [-0.1, -0.05) is 176 Å². The van der Waals surface area contributed by atoms with Crippen molar-refractivity contribution >= 4 is 112 Å². The van der Waals surface area contributed by atoms with Crippen LogP contribution in [0.5, 0.6) is 0 Å². The van der Waals surface area contributed by atoms with Gasteiger partial charge in [0.1, 0.15) is 0 Å². The molecule has 0 radical (unpaired) electrons. The molecule has 13 rings (SSSR count). The molecule has 4 heteroatoms. The Balaban J connectivity index is 1.11. The van der Waals surface area contributed by atoms with Crippen molar-refractivity contribution in [3.8, 4) is 44.5 Å². The predicted molar refractivity (Wildman–Crippen MR) is 282 cm³/mol. The van der Waals surface area contributed by atoms with Crippen molar-refractivity contribution in [1.29, 1.82) is 0 Å². The number of hydrogen-bond donors (Lipinski definition) is 0. The second kappa shape index (κ2) is 15.2. The van der Waals surface area contributed by atoms with Crippen LogP contribution in [0.2, 0.25) is 0 Å². The van der Waals surface area contributed by atoms with E-state index in [2.05, 4.69) is 229 Å². The molecule has 0 saturated heterocycles. The van der Waals surface area contributed by atoms with Crippen molar-refractivity contribution in [2.75, 3.05) is 4.90 Å². The molecule has 0 N–H and O–H groups in total. The fraction of sp³-hybridized carbons (Fsp3) is 0. The normalized spacial score (nSPS) is 11.8. The third kappa shape index (κ3) is 6.10. The minimum absolute atomic E-state index is 1.13. The summed E-state index contributed by atoms with van der Waals surface area (Å²) in [4.78, 5) is 2.53. The average Bonchev–Trinajstić information content (AvgIpc) is 4.06. The third-order valence-electron chi connectivity index (χ3n) is 12.7. The Kier molecular flexibility index (Phi) is 8.83. The number of thiophene rings is 3. The van der Waals surface area contributed by atoms with E-state index in [-0.39, 0.29) is 0 Å². The molecule has 0 unspecified atom stereocenters. The highest BCUT2D eigenvalue weighted by molar-refractivity contribution is 7.27. The van der Waals surface area contributed by atoms with Gasteiger partial charge in [0.05, 0.1) is 5.69 Å². The summed E-state index contributed by atoms with van der Waals surface area (Å²) in [5.41, 5.74) is 13.3. The highest BCUT2D eigenvalue weighted by Crippen LogP contribution is 2.52. The fourth-order valence-corrected chi connectivity index (χ4v) is 13.4. The molecule has 13 aromatic rings. The first-order valence-electron chi connectivity index (χ1n) is 21.7. The van der Waals surface area contributed by atoms with E-state index >= 15 is 0 Å². The molecule has 10 aromatic carbocycles. The van der Waals surface area contributed by atoms with Crippen molar-refractivity contribution in [1.82, 2.24) is 0 Å². The van der Waals surface area contributed by atoms with E-state index in [9.17, 15) is 0 Å². The second-order valence-electron chi connectivity index (χ2n) is 16.4. The molecule has 0 spiro atoms. The number of rotatable bonds is 7. The summed E-state index contributed by atoms with van der Waals surface area (Å²) in [6, 6.07) is 82.8. The minimum atomic E-state index is 1.13. The zero-order valence-electron chi connectivity index (χ0n) is 34.5. The fourth-order valence-electron chi connectivity index (χ4n) is 9.70. The van der Waals surface area contributed by atoms with Crippen LogP contribution in [0.3, 0.4) is 0 Å². The maximum Gasteiger partial charge on any atom is 0.0555 e. The first-order valence-corrected chi connectivity index (χ1v) is 24.1. The van der Waals surface area contributed by atoms with Gasteiger partial charge in [-0.3, -0.25) is 0 Å². The smallest absolute Gasteiger partial charge is 0.0555 e. The van der Waals surface area contributed by atoms with Crippen molar-refractivity contribution in [2.24, 2.45) is 0 Å². The van der Waals surface area contributed by atoms with Crippen LogP contribution in [0.4, 0.5) is 17.1 Å². The van der Waals surface area contributed by atoms with Gasteiger partial charge < -0.3 is 4.90 Å². The molecule has 300 valence electrons. The SMILES string of the molecule is c1ccc(-c2ccc3c(c2)sc2c(-c4ccccc4)ccc(N(c4ccc5c(c4)sc4ccccc45)c4ccc5sc6c(-c7ccccc7)ccc(-c7ccccc7)c6c5c4)c23)cc1. The molecule has 0 aliphatic rings. The maximum absolute atomic E-state index is 2.53. The summed E-state index contributed by atoms with van der Waals surface area (Å²) in [6.07, 6.45) is 0. The van der Waals surface area contributed by atoms with E-state index in [0.29, 0.717) is 0 Å². The van der Waals surface area contributed by atoms with E-state index in [1.165, 1.54) is 111 Å². The predicted octanol–water partition coefficient (Wildman–Crippen LogP) is 18.9. The first-order chi connectivity index (χ1) is 31.7. The lowest BCUT2D eigenvalue weighted by Gasteiger charge is -2.27. The Hall–Kier alpha value is -7.34. The van der Waals surface area contributed by atoms with E-state index in [1.807, 2.05) is 34.0 Å². The van der Waals surface area contributed by atoms with E-state index in [1.54, 1.807) is 0 Å². The van der Waals surface area contributed by atoms with Gasteiger partial charge in [0.2, 0.25) is 0 Å². The van der Waals surface area contributed by atoms with Gasteiger partial charge in [0.25, 0.3) is 0 Å². The van der Waals surface area contributed by atoms with Crippen molar-refractivity contribution < 1.29 is 0 Å². The number of benzene rings is 10. The molecule has 0 amide bonds. The number of anilines is 3. The molecule has 0 saturated carbocycles. The van der Waals surface area contributed by atoms with E-state index < -0.39 is 0 Å². The third-order valence-corrected chi connectivity index (χ3v) is 16.2.